The van der Waals surface area contributed by atoms with Gasteiger partial charge < -0.3 is 19.4 Å². The molecule has 8 heteroatoms. The molecule has 2 aliphatic heterocycles. The number of benzene rings is 2. The molecule has 0 spiro atoms. The van der Waals surface area contributed by atoms with Crippen molar-refractivity contribution in [2.75, 3.05) is 49.6 Å². The number of hydrogen-bond donors (Lipinski definition) is 0. The zero-order valence-electron chi connectivity index (χ0n) is 22.4. The molecule has 2 aromatic heterocycles. The fourth-order valence-electron chi connectivity index (χ4n) is 5.60. The van der Waals surface area contributed by atoms with Crippen LogP contribution in [0.1, 0.15) is 22.4 Å². The van der Waals surface area contributed by atoms with Crippen molar-refractivity contribution in [3.8, 4) is 6.01 Å². The molecule has 4 aromatic rings. The molecule has 4 heterocycles. The van der Waals surface area contributed by atoms with Crippen molar-refractivity contribution >= 4 is 34.3 Å². The van der Waals surface area contributed by atoms with Gasteiger partial charge in [0, 0.05) is 67.8 Å². The fourth-order valence-corrected chi connectivity index (χ4v) is 5.60. The van der Waals surface area contributed by atoms with Crippen molar-refractivity contribution in [2.24, 2.45) is 0 Å². The summed E-state index contributed by atoms with van der Waals surface area (Å²) >= 11 is 0. The molecule has 198 valence electrons. The van der Waals surface area contributed by atoms with E-state index in [1.165, 1.54) is 27.6 Å². The van der Waals surface area contributed by atoms with Gasteiger partial charge in [0.05, 0.1) is 19.3 Å². The van der Waals surface area contributed by atoms with E-state index in [1.807, 2.05) is 23.1 Å². The Hall–Kier alpha value is -4.46. The summed E-state index contributed by atoms with van der Waals surface area (Å²) in [6, 6.07) is 17.1. The summed E-state index contributed by atoms with van der Waals surface area (Å²) in [6.45, 7) is 6.48. The van der Waals surface area contributed by atoms with Crippen molar-refractivity contribution in [1.29, 1.82) is 0 Å². The number of methoxy groups -OCH3 is 1. The van der Waals surface area contributed by atoms with Gasteiger partial charge in [0.1, 0.15) is 5.82 Å². The van der Waals surface area contributed by atoms with Crippen LogP contribution in [0.4, 0.5) is 11.5 Å². The van der Waals surface area contributed by atoms with E-state index in [4.69, 9.17) is 14.7 Å². The number of nitrogens with zero attached hydrogens (tertiary/aromatic N) is 6. The first-order valence-electron chi connectivity index (χ1n) is 13.4. The lowest BCUT2D eigenvalue weighted by molar-refractivity contribution is -0.126. The summed E-state index contributed by atoms with van der Waals surface area (Å²) in [6.07, 6.45) is 7.78. The minimum atomic E-state index is 0.0229. The molecular formula is C31H32N6O2. The third kappa shape index (κ3) is 5.02. The minimum absolute atomic E-state index is 0.0229. The minimum Gasteiger partial charge on any atom is -0.467 e. The van der Waals surface area contributed by atoms with E-state index in [0.717, 1.165) is 30.0 Å². The average Bonchev–Trinajstić information content (AvgIpc) is 2.99. The molecule has 2 aromatic carbocycles. The van der Waals surface area contributed by atoms with Gasteiger partial charge in [-0.05, 0) is 54.1 Å². The highest BCUT2D eigenvalue weighted by molar-refractivity contribution is 5.97. The Labute approximate surface area is 228 Å². The van der Waals surface area contributed by atoms with Crippen LogP contribution in [0.2, 0.25) is 0 Å². The van der Waals surface area contributed by atoms with E-state index in [0.29, 0.717) is 38.7 Å². The number of piperazine rings is 1. The maximum atomic E-state index is 12.8. The normalized spacial score (nSPS) is 15.6. The Balaban J connectivity index is 1.20. The Morgan fingerprint density at radius 3 is 2.46 bits per heavy atom. The van der Waals surface area contributed by atoms with Crippen LogP contribution >= 0.6 is 0 Å². The number of anilines is 2. The monoisotopic (exact) mass is 520 g/mol. The number of ether oxygens (including phenoxy) is 1. The lowest BCUT2D eigenvalue weighted by atomic mass is 9.99. The summed E-state index contributed by atoms with van der Waals surface area (Å²) in [5.74, 6) is 0.958. The van der Waals surface area contributed by atoms with Crippen molar-refractivity contribution in [3.05, 3.63) is 89.4 Å². The van der Waals surface area contributed by atoms with Gasteiger partial charge in [0.25, 0.3) is 0 Å². The van der Waals surface area contributed by atoms with Gasteiger partial charge in [-0.3, -0.25) is 9.78 Å². The van der Waals surface area contributed by atoms with Crippen molar-refractivity contribution in [2.45, 2.75) is 19.9 Å². The highest BCUT2D eigenvalue weighted by Crippen LogP contribution is 2.35. The summed E-state index contributed by atoms with van der Waals surface area (Å²) in [5.41, 5.74) is 5.67. The van der Waals surface area contributed by atoms with Gasteiger partial charge in [-0.15, -0.1) is 0 Å². The third-order valence-electron chi connectivity index (χ3n) is 7.65. The van der Waals surface area contributed by atoms with Crippen LogP contribution in [-0.4, -0.2) is 65.6 Å². The molecule has 39 heavy (non-hydrogen) atoms. The smallest absolute Gasteiger partial charge is 0.318 e. The molecule has 6 rings (SSSR count). The maximum Gasteiger partial charge on any atom is 0.318 e. The summed E-state index contributed by atoms with van der Waals surface area (Å²) < 4.78 is 5.53. The Morgan fingerprint density at radius 2 is 1.69 bits per heavy atom. The number of amides is 1. The maximum absolute atomic E-state index is 12.8. The number of fused-ring (bicyclic) bond motifs is 2. The molecule has 0 saturated carbocycles. The first-order valence-corrected chi connectivity index (χ1v) is 13.4. The quantitative estimate of drug-likeness (QED) is 0.364. The number of carbonyl (C=O) groups is 1. The zero-order chi connectivity index (χ0) is 26.8. The molecule has 1 amide bonds. The Morgan fingerprint density at radius 1 is 0.923 bits per heavy atom. The number of pyridine rings is 1. The second-order valence-electron chi connectivity index (χ2n) is 10.0. The molecule has 1 fully saturated rings. The van der Waals surface area contributed by atoms with Gasteiger partial charge >= 0.3 is 6.01 Å². The van der Waals surface area contributed by atoms with Gasteiger partial charge in [0.15, 0.2) is 0 Å². The molecular weight excluding hydrogens is 488 g/mol. The van der Waals surface area contributed by atoms with Crippen LogP contribution in [0.15, 0.2) is 67.0 Å². The van der Waals surface area contributed by atoms with Gasteiger partial charge in [0.2, 0.25) is 5.91 Å². The van der Waals surface area contributed by atoms with E-state index in [2.05, 4.69) is 58.1 Å². The van der Waals surface area contributed by atoms with E-state index in [-0.39, 0.29) is 5.91 Å². The summed E-state index contributed by atoms with van der Waals surface area (Å²) in [7, 11) is 1.62. The predicted octanol–water partition coefficient (Wildman–Crippen LogP) is 4.27. The van der Waals surface area contributed by atoms with E-state index in [9.17, 15) is 4.79 Å². The van der Waals surface area contributed by atoms with Crippen LogP contribution in [0, 0.1) is 6.92 Å². The molecule has 0 atom stereocenters. The van der Waals surface area contributed by atoms with E-state index >= 15 is 0 Å². The molecule has 0 N–H and O–H groups in total. The van der Waals surface area contributed by atoms with Crippen molar-refractivity contribution in [1.82, 2.24) is 19.9 Å². The molecule has 0 radical (unpaired) electrons. The number of rotatable bonds is 5. The molecule has 1 saturated heterocycles. The Bertz CT molecular complexity index is 1520. The topological polar surface area (TPSA) is 74.7 Å². The third-order valence-corrected chi connectivity index (χ3v) is 7.65. The SMILES string of the molecule is COc1nc2c(c(N3CCN(C(=O)/C=C/c4ccncc4)CC3)n1)CCN(c1cccc3cccc(C)c13)C2. The van der Waals surface area contributed by atoms with E-state index < -0.39 is 0 Å². The number of carbonyl (C=O) groups excluding carboxylic acids is 1. The molecule has 8 nitrogen and oxygen atoms in total. The predicted molar refractivity (Wildman–Crippen MR) is 154 cm³/mol. The molecule has 0 unspecified atom stereocenters. The first-order chi connectivity index (χ1) is 19.1. The van der Waals surface area contributed by atoms with Crippen LogP contribution in [-0.2, 0) is 17.8 Å². The standard InChI is InChI=1S/C31H32N6O2/c1-22-5-3-6-24-7-4-8-27(29(22)24)37-16-13-25-26(21-37)33-31(39-2)34-30(25)36-19-17-35(18-20-36)28(38)10-9-23-11-14-32-15-12-23/h3-12,14-15H,13,16-21H2,1-2H3/b10-9+. The summed E-state index contributed by atoms with van der Waals surface area (Å²) in [4.78, 5) is 33.0. The van der Waals surface area contributed by atoms with Crippen molar-refractivity contribution < 1.29 is 9.53 Å². The number of aromatic nitrogens is 3. The van der Waals surface area contributed by atoms with Crippen LogP contribution in [0.3, 0.4) is 0 Å². The lowest BCUT2D eigenvalue weighted by Gasteiger charge is -2.38. The highest BCUT2D eigenvalue weighted by Gasteiger charge is 2.29. The number of aryl methyl sites for hydroxylation is 1. The van der Waals surface area contributed by atoms with Crippen molar-refractivity contribution in [3.63, 3.8) is 0 Å². The van der Waals surface area contributed by atoms with Gasteiger partial charge in [-0.25, -0.2) is 0 Å². The number of hydrogen-bond acceptors (Lipinski definition) is 7. The zero-order valence-corrected chi connectivity index (χ0v) is 22.4. The lowest BCUT2D eigenvalue weighted by Crippen LogP contribution is -2.49. The average molecular weight is 521 g/mol. The first kappa shape index (κ1) is 24.9. The summed E-state index contributed by atoms with van der Waals surface area (Å²) in [5, 5.41) is 2.55. The Kier molecular flexibility index (Phi) is 6.84. The largest absolute Gasteiger partial charge is 0.467 e. The second kappa shape index (κ2) is 10.7. The van der Waals surface area contributed by atoms with Crippen LogP contribution in [0.5, 0.6) is 6.01 Å². The van der Waals surface area contributed by atoms with Crippen LogP contribution < -0.4 is 14.5 Å². The second-order valence-corrected chi connectivity index (χ2v) is 10.0. The molecule has 0 bridgehead atoms. The molecule has 2 aliphatic rings. The fraction of sp³-hybridized carbons (Fsp3) is 0.290. The van der Waals surface area contributed by atoms with E-state index in [1.54, 1.807) is 25.6 Å². The van der Waals surface area contributed by atoms with Crippen LogP contribution in [0.25, 0.3) is 16.8 Å². The van der Waals surface area contributed by atoms with Gasteiger partial charge in [-0.2, -0.15) is 9.97 Å². The molecule has 0 aliphatic carbocycles. The highest BCUT2D eigenvalue weighted by atomic mass is 16.5. The van der Waals surface area contributed by atoms with Gasteiger partial charge in [-0.1, -0.05) is 30.3 Å².